The van der Waals surface area contributed by atoms with Gasteiger partial charge in [-0.25, -0.2) is 0 Å². The Morgan fingerprint density at radius 3 is 2.57 bits per heavy atom. The third-order valence-corrected chi connectivity index (χ3v) is 3.76. The van der Waals surface area contributed by atoms with Gasteiger partial charge < -0.3 is 9.84 Å². The van der Waals surface area contributed by atoms with E-state index in [9.17, 15) is 5.11 Å². The number of aliphatic hydroxyl groups is 1. The Kier molecular flexibility index (Phi) is 7.17. The number of allylic oxidation sites excluding steroid dienone is 5. The van der Waals surface area contributed by atoms with Gasteiger partial charge in [-0.05, 0) is 39.2 Å². The van der Waals surface area contributed by atoms with Crippen LogP contribution in [-0.4, -0.2) is 30.6 Å². The first-order chi connectivity index (χ1) is 10.0. The molecule has 0 saturated heterocycles. The minimum atomic E-state index is -0.154. The van der Waals surface area contributed by atoms with Crippen molar-refractivity contribution in [3.05, 3.63) is 47.8 Å². The van der Waals surface area contributed by atoms with Crippen LogP contribution in [0.4, 0.5) is 0 Å². The molecule has 0 radical (unpaired) electrons. The van der Waals surface area contributed by atoms with E-state index in [1.807, 2.05) is 19.9 Å². The van der Waals surface area contributed by atoms with Crippen LogP contribution in [0.5, 0.6) is 0 Å². The molecule has 0 fully saturated rings. The molecule has 0 aromatic heterocycles. The average Bonchev–Trinajstić information content (AvgIpc) is 2.50. The van der Waals surface area contributed by atoms with Gasteiger partial charge in [-0.1, -0.05) is 36.5 Å². The van der Waals surface area contributed by atoms with Crippen molar-refractivity contribution >= 4 is 5.71 Å². The van der Waals surface area contributed by atoms with Gasteiger partial charge in [0.2, 0.25) is 0 Å². The zero-order valence-electron chi connectivity index (χ0n) is 13.6. The smallest absolute Gasteiger partial charge is 0.113 e. The summed E-state index contributed by atoms with van der Waals surface area (Å²) in [5, 5.41) is 9.45. The van der Waals surface area contributed by atoms with E-state index in [1.165, 1.54) is 11.1 Å². The molecule has 1 aliphatic carbocycles. The van der Waals surface area contributed by atoms with Gasteiger partial charge >= 0.3 is 0 Å². The second-order valence-corrected chi connectivity index (χ2v) is 5.51. The zero-order chi connectivity index (χ0) is 15.8. The van der Waals surface area contributed by atoms with Gasteiger partial charge in [0.1, 0.15) is 11.8 Å². The topological polar surface area (TPSA) is 41.8 Å². The zero-order valence-corrected chi connectivity index (χ0v) is 13.6. The lowest BCUT2D eigenvalue weighted by Gasteiger charge is -2.27. The second-order valence-electron chi connectivity index (χ2n) is 5.51. The summed E-state index contributed by atoms with van der Waals surface area (Å²) in [6, 6.07) is -0.154. The largest absolute Gasteiger partial charge is 0.499 e. The monoisotopic (exact) mass is 289 g/mol. The van der Waals surface area contributed by atoms with Crippen LogP contribution in [0.3, 0.4) is 0 Å². The van der Waals surface area contributed by atoms with Gasteiger partial charge in [-0.2, -0.15) is 0 Å². The highest BCUT2D eigenvalue weighted by Gasteiger charge is 2.27. The van der Waals surface area contributed by atoms with Crippen molar-refractivity contribution in [1.29, 1.82) is 0 Å². The van der Waals surface area contributed by atoms with E-state index in [2.05, 4.69) is 36.7 Å². The summed E-state index contributed by atoms with van der Waals surface area (Å²) in [4.78, 5) is 4.69. The maximum absolute atomic E-state index is 9.45. The Hall–Kier alpha value is -1.61. The SMILES string of the molecule is C=C(OC)C(N=C(C)C)C(CCO)/C(C)=C1\C=CC=CC1. The molecule has 116 valence electrons. The fraction of sp³-hybridized carbons (Fsp3) is 0.500. The Morgan fingerprint density at radius 1 is 1.38 bits per heavy atom. The van der Waals surface area contributed by atoms with Crippen LogP contribution in [0.15, 0.2) is 52.8 Å². The molecule has 0 amide bonds. The van der Waals surface area contributed by atoms with Crippen molar-refractivity contribution in [3.8, 4) is 0 Å². The van der Waals surface area contributed by atoms with Crippen LogP contribution in [0.25, 0.3) is 0 Å². The summed E-state index contributed by atoms with van der Waals surface area (Å²) < 4.78 is 5.34. The second kappa shape index (κ2) is 8.63. The van der Waals surface area contributed by atoms with E-state index in [1.54, 1.807) is 7.11 Å². The van der Waals surface area contributed by atoms with Gasteiger partial charge in [-0.3, -0.25) is 4.99 Å². The van der Waals surface area contributed by atoms with Crippen molar-refractivity contribution in [2.45, 2.75) is 39.7 Å². The maximum Gasteiger partial charge on any atom is 0.113 e. The fourth-order valence-corrected chi connectivity index (χ4v) is 2.58. The summed E-state index contributed by atoms with van der Waals surface area (Å²) in [6.45, 7) is 10.2. The van der Waals surface area contributed by atoms with Crippen molar-refractivity contribution in [1.82, 2.24) is 0 Å². The Balaban J connectivity index is 3.18. The van der Waals surface area contributed by atoms with Crippen LogP contribution in [0.1, 0.15) is 33.6 Å². The summed E-state index contributed by atoms with van der Waals surface area (Å²) in [7, 11) is 1.62. The Bertz CT molecular complexity index is 479. The Morgan fingerprint density at radius 2 is 2.10 bits per heavy atom. The quantitative estimate of drug-likeness (QED) is 0.571. The maximum atomic E-state index is 9.45. The first-order valence-electron chi connectivity index (χ1n) is 7.38. The van der Waals surface area contributed by atoms with Crippen molar-refractivity contribution in [3.63, 3.8) is 0 Å². The molecule has 0 spiro atoms. The lowest BCUT2D eigenvalue weighted by molar-refractivity contribution is 0.221. The summed E-state index contributed by atoms with van der Waals surface area (Å²) in [6.07, 6.45) is 9.95. The average molecular weight is 289 g/mol. The Labute approximate surface area is 128 Å². The molecule has 0 aliphatic heterocycles. The standard InChI is InChI=1S/C18H27NO2/c1-13(2)19-18(15(4)21-5)17(11-12-20)14(3)16-9-7-6-8-10-16/h6-9,17-18,20H,4,10-12H2,1-3,5H3/b16-14+. The number of hydrogen-bond acceptors (Lipinski definition) is 3. The predicted molar refractivity (Wildman–Crippen MR) is 89.5 cm³/mol. The third kappa shape index (κ3) is 5.01. The summed E-state index contributed by atoms with van der Waals surface area (Å²) in [5.74, 6) is 0.744. The van der Waals surface area contributed by atoms with Crippen molar-refractivity contribution in [2.75, 3.05) is 13.7 Å². The normalized spacial score (nSPS) is 18.9. The van der Waals surface area contributed by atoms with Crippen molar-refractivity contribution in [2.24, 2.45) is 10.9 Å². The molecule has 1 rings (SSSR count). The van der Waals surface area contributed by atoms with E-state index in [0.717, 1.165) is 12.1 Å². The number of aliphatic hydroxyl groups excluding tert-OH is 1. The number of hydrogen-bond donors (Lipinski definition) is 1. The molecule has 1 N–H and O–H groups in total. The number of methoxy groups -OCH3 is 1. The molecule has 2 atom stereocenters. The summed E-state index contributed by atoms with van der Waals surface area (Å²) in [5.41, 5.74) is 3.52. The van der Waals surface area contributed by atoms with Gasteiger partial charge in [0.15, 0.2) is 0 Å². The van der Waals surface area contributed by atoms with E-state index >= 15 is 0 Å². The van der Waals surface area contributed by atoms with Crippen LogP contribution >= 0.6 is 0 Å². The van der Waals surface area contributed by atoms with Crippen LogP contribution < -0.4 is 0 Å². The molecule has 1 aliphatic rings. The lowest BCUT2D eigenvalue weighted by atomic mass is 9.84. The molecule has 0 aromatic rings. The number of nitrogens with zero attached hydrogens (tertiary/aromatic N) is 1. The number of rotatable bonds is 7. The van der Waals surface area contributed by atoms with E-state index < -0.39 is 0 Å². The van der Waals surface area contributed by atoms with E-state index in [0.29, 0.717) is 12.2 Å². The van der Waals surface area contributed by atoms with Gasteiger partial charge in [0.25, 0.3) is 0 Å². The molecule has 3 heteroatoms. The molecule has 0 bridgehead atoms. The van der Waals surface area contributed by atoms with Crippen LogP contribution in [0, 0.1) is 5.92 Å². The molecule has 3 nitrogen and oxygen atoms in total. The predicted octanol–water partition coefficient (Wildman–Crippen LogP) is 3.83. The molecule has 21 heavy (non-hydrogen) atoms. The van der Waals surface area contributed by atoms with Gasteiger partial charge in [0.05, 0.1) is 7.11 Å². The third-order valence-electron chi connectivity index (χ3n) is 3.76. The fourth-order valence-electron chi connectivity index (χ4n) is 2.58. The highest BCUT2D eigenvalue weighted by molar-refractivity contribution is 5.79. The summed E-state index contributed by atoms with van der Waals surface area (Å²) >= 11 is 0. The first-order valence-corrected chi connectivity index (χ1v) is 7.38. The highest BCUT2D eigenvalue weighted by Crippen LogP contribution is 2.31. The molecule has 0 heterocycles. The van der Waals surface area contributed by atoms with Crippen LogP contribution in [0.2, 0.25) is 0 Å². The number of ether oxygens (including phenoxy) is 1. The van der Waals surface area contributed by atoms with E-state index in [-0.39, 0.29) is 18.6 Å². The molecule has 0 aromatic carbocycles. The van der Waals surface area contributed by atoms with E-state index in [4.69, 9.17) is 4.74 Å². The minimum absolute atomic E-state index is 0.100. The van der Waals surface area contributed by atoms with Gasteiger partial charge in [-0.15, -0.1) is 0 Å². The minimum Gasteiger partial charge on any atom is -0.499 e. The lowest BCUT2D eigenvalue weighted by Crippen LogP contribution is -2.25. The molecular weight excluding hydrogens is 262 g/mol. The highest BCUT2D eigenvalue weighted by atomic mass is 16.5. The van der Waals surface area contributed by atoms with Crippen molar-refractivity contribution < 1.29 is 9.84 Å². The molecular formula is C18H27NO2. The molecule has 2 unspecified atom stereocenters. The van der Waals surface area contributed by atoms with Crippen LogP contribution in [-0.2, 0) is 4.74 Å². The first kappa shape index (κ1) is 17.4. The number of aliphatic imine (C=N–C) groups is 1. The molecule has 0 saturated carbocycles. The van der Waals surface area contributed by atoms with Gasteiger partial charge in [0, 0.05) is 18.2 Å².